The zero-order valence-electron chi connectivity index (χ0n) is 14.0. The highest BCUT2D eigenvalue weighted by Crippen LogP contribution is 2.21. The van der Waals surface area contributed by atoms with Gasteiger partial charge in [-0.1, -0.05) is 35.5 Å². The van der Waals surface area contributed by atoms with E-state index in [0.717, 1.165) is 25.2 Å². The Hall–Kier alpha value is -2.25. The topological polar surface area (TPSA) is 83.3 Å². The van der Waals surface area contributed by atoms with Crippen molar-refractivity contribution in [2.45, 2.75) is 25.4 Å². The summed E-state index contributed by atoms with van der Waals surface area (Å²) in [5.74, 6) is 1.14. The number of likely N-dealkylation sites (N-methyl/N-ethyl adjacent to an activating group) is 1. The summed E-state index contributed by atoms with van der Waals surface area (Å²) in [5.41, 5.74) is 1.02. The van der Waals surface area contributed by atoms with E-state index in [9.17, 15) is 4.79 Å². The van der Waals surface area contributed by atoms with Crippen molar-refractivity contribution in [3.8, 4) is 0 Å². The van der Waals surface area contributed by atoms with Crippen LogP contribution in [0.1, 0.15) is 36.3 Å². The predicted octanol–water partition coefficient (Wildman–Crippen LogP) is 1.07. The molecule has 7 nitrogen and oxygen atoms in total. The minimum Gasteiger partial charge on any atom is -0.349 e. The fourth-order valence-electron chi connectivity index (χ4n) is 2.94. The van der Waals surface area contributed by atoms with Crippen LogP contribution in [-0.2, 0) is 11.2 Å². The number of nitrogens with zero attached hydrogens (tertiary/aromatic N) is 3. The Morgan fingerprint density at radius 2 is 2.25 bits per heavy atom. The highest BCUT2D eigenvalue weighted by atomic mass is 16.5. The highest BCUT2D eigenvalue weighted by molar-refractivity contribution is 5.73. The van der Waals surface area contributed by atoms with E-state index >= 15 is 0 Å². The summed E-state index contributed by atoms with van der Waals surface area (Å²) < 4.78 is 5.43. The van der Waals surface area contributed by atoms with E-state index in [1.165, 1.54) is 6.92 Å². The van der Waals surface area contributed by atoms with Gasteiger partial charge in [0.15, 0.2) is 5.82 Å². The van der Waals surface area contributed by atoms with E-state index in [1.807, 2.05) is 30.3 Å². The van der Waals surface area contributed by atoms with E-state index in [0.29, 0.717) is 18.1 Å². The molecule has 2 unspecified atom stereocenters. The first-order valence-corrected chi connectivity index (χ1v) is 8.19. The van der Waals surface area contributed by atoms with Crippen LogP contribution in [0, 0.1) is 0 Å². The van der Waals surface area contributed by atoms with Crippen LogP contribution >= 0.6 is 0 Å². The summed E-state index contributed by atoms with van der Waals surface area (Å²) in [6.45, 7) is 4.24. The molecule has 1 aliphatic rings. The lowest BCUT2D eigenvalue weighted by molar-refractivity contribution is -0.119. The molecule has 1 amide bonds. The number of piperazine rings is 1. The monoisotopic (exact) mass is 329 g/mol. The normalized spacial score (nSPS) is 19.8. The van der Waals surface area contributed by atoms with Crippen molar-refractivity contribution in [1.29, 1.82) is 0 Å². The molecule has 1 fully saturated rings. The van der Waals surface area contributed by atoms with Gasteiger partial charge in [-0.15, -0.1) is 0 Å². The molecule has 1 aliphatic heterocycles. The van der Waals surface area contributed by atoms with E-state index in [1.54, 1.807) is 0 Å². The molecular weight excluding hydrogens is 306 g/mol. The second-order valence-electron chi connectivity index (χ2n) is 6.11. The largest absolute Gasteiger partial charge is 0.349 e. The molecule has 1 aromatic heterocycles. The second-order valence-corrected chi connectivity index (χ2v) is 6.11. The van der Waals surface area contributed by atoms with Gasteiger partial charge in [-0.3, -0.25) is 9.69 Å². The number of carbonyl (C=O) groups excluding carboxylic acids is 1. The van der Waals surface area contributed by atoms with Gasteiger partial charge in [0.2, 0.25) is 11.8 Å². The summed E-state index contributed by atoms with van der Waals surface area (Å²) >= 11 is 0. The minimum absolute atomic E-state index is 0.0835. The van der Waals surface area contributed by atoms with Crippen LogP contribution in [-0.4, -0.2) is 47.6 Å². The Labute approximate surface area is 141 Å². The maximum absolute atomic E-state index is 11.5. The average molecular weight is 329 g/mol. The Bertz CT molecular complexity index is 673. The van der Waals surface area contributed by atoms with Gasteiger partial charge in [-0.2, -0.15) is 4.98 Å². The van der Waals surface area contributed by atoms with Crippen LogP contribution < -0.4 is 10.6 Å². The van der Waals surface area contributed by atoms with Gasteiger partial charge in [0.25, 0.3) is 0 Å². The van der Waals surface area contributed by atoms with Gasteiger partial charge >= 0.3 is 0 Å². The van der Waals surface area contributed by atoms with Gasteiger partial charge in [-0.25, -0.2) is 0 Å². The number of rotatable bonds is 5. The van der Waals surface area contributed by atoms with Crippen molar-refractivity contribution >= 4 is 5.91 Å². The van der Waals surface area contributed by atoms with E-state index in [2.05, 4.69) is 32.7 Å². The zero-order valence-corrected chi connectivity index (χ0v) is 14.0. The van der Waals surface area contributed by atoms with Crippen molar-refractivity contribution in [2.24, 2.45) is 0 Å². The summed E-state index contributed by atoms with van der Waals surface area (Å²) in [6.07, 6.45) is 0.473. The molecule has 128 valence electrons. The lowest BCUT2D eigenvalue weighted by Crippen LogP contribution is -2.44. The number of carbonyl (C=O) groups is 1. The third-order valence-corrected chi connectivity index (χ3v) is 4.25. The van der Waals surface area contributed by atoms with Crippen LogP contribution in [0.2, 0.25) is 0 Å². The number of amides is 1. The molecule has 1 aromatic carbocycles. The summed E-state index contributed by atoms with van der Waals surface area (Å²) in [5, 5.41) is 10.4. The zero-order chi connectivity index (χ0) is 16.9. The number of hydrogen-bond donors (Lipinski definition) is 2. The lowest BCUT2D eigenvalue weighted by Gasteiger charge is -2.30. The molecule has 2 aromatic rings. The molecular formula is C17H23N5O2. The molecule has 0 radical (unpaired) electrons. The van der Waals surface area contributed by atoms with Crippen LogP contribution in [0.4, 0.5) is 0 Å². The Kier molecular flexibility index (Phi) is 5.22. The molecule has 2 heterocycles. The smallest absolute Gasteiger partial charge is 0.229 e. The fraction of sp³-hybridized carbons (Fsp3) is 0.471. The summed E-state index contributed by atoms with van der Waals surface area (Å²) in [6, 6.07) is 9.75. The first-order chi connectivity index (χ1) is 11.6. The van der Waals surface area contributed by atoms with Crippen molar-refractivity contribution in [3.63, 3.8) is 0 Å². The first-order valence-electron chi connectivity index (χ1n) is 8.19. The maximum Gasteiger partial charge on any atom is 0.229 e. The number of hydrogen-bond acceptors (Lipinski definition) is 6. The minimum atomic E-state index is -0.181. The molecule has 1 saturated heterocycles. The van der Waals surface area contributed by atoms with Gasteiger partial charge in [-0.05, 0) is 12.6 Å². The van der Waals surface area contributed by atoms with Crippen LogP contribution in [0.25, 0.3) is 0 Å². The van der Waals surface area contributed by atoms with E-state index in [-0.39, 0.29) is 18.0 Å². The lowest BCUT2D eigenvalue weighted by atomic mass is 10.0. The molecule has 0 saturated carbocycles. The van der Waals surface area contributed by atoms with Crippen molar-refractivity contribution in [2.75, 3.05) is 26.7 Å². The summed E-state index contributed by atoms with van der Waals surface area (Å²) in [4.78, 5) is 18.3. The third-order valence-electron chi connectivity index (χ3n) is 4.25. The third kappa shape index (κ3) is 3.98. The molecule has 0 spiro atoms. The van der Waals surface area contributed by atoms with Gasteiger partial charge in [0.1, 0.15) is 0 Å². The molecule has 0 bridgehead atoms. The van der Waals surface area contributed by atoms with Crippen LogP contribution in [0.3, 0.4) is 0 Å². The molecule has 7 heteroatoms. The van der Waals surface area contributed by atoms with E-state index < -0.39 is 0 Å². The van der Waals surface area contributed by atoms with Gasteiger partial charge < -0.3 is 15.2 Å². The molecule has 3 rings (SSSR count). The Balaban J connectivity index is 1.74. The van der Waals surface area contributed by atoms with E-state index in [4.69, 9.17) is 4.52 Å². The maximum atomic E-state index is 11.5. The number of aromatic nitrogens is 2. The average Bonchev–Trinajstić information content (AvgIpc) is 3.03. The number of benzene rings is 1. The van der Waals surface area contributed by atoms with Crippen molar-refractivity contribution in [3.05, 3.63) is 47.6 Å². The van der Waals surface area contributed by atoms with Crippen LogP contribution in [0.5, 0.6) is 0 Å². The number of nitrogens with one attached hydrogen (secondary N) is 2. The molecule has 0 aliphatic carbocycles. The fourth-order valence-corrected chi connectivity index (χ4v) is 2.94. The molecule has 24 heavy (non-hydrogen) atoms. The highest BCUT2D eigenvalue weighted by Gasteiger charge is 2.26. The molecule has 2 N–H and O–H groups in total. The Morgan fingerprint density at radius 1 is 1.46 bits per heavy atom. The first kappa shape index (κ1) is 16.6. The van der Waals surface area contributed by atoms with Gasteiger partial charge in [0, 0.05) is 26.6 Å². The SMILES string of the molecule is CC(=O)NC(Cc1nc(C2CNCCN2C)no1)c1ccccc1. The molecule has 2 atom stereocenters. The van der Waals surface area contributed by atoms with Gasteiger partial charge in [0.05, 0.1) is 18.5 Å². The predicted molar refractivity (Wildman–Crippen MR) is 89.2 cm³/mol. The second kappa shape index (κ2) is 7.55. The quantitative estimate of drug-likeness (QED) is 0.854. The van der Waals surface area contributed by atoms with Crippen molar-refractivity contribution < 1.29 is 9.32 Å². The Morgan fingerprint density at radius 3 is 2.96 bits per heavy atom. The summed E-state index contributed by atoms with van der Waals surface area (Å²) in [7, 11) is 2.06. The standard InChI is InChI=1S/C17H23N5O2/c1-12(23)19-14(13-6-4-3-5-7-13)10-16-20-17(21-24-16)15-11-18-8-9-22(15)2/h3-7,14-15,18H,8-11H2,1-2H3,(H,19,23). The van der Waals surface area contributed by atoms with Crippen LogP contribution in [0.15, 0.2) is 34.9 Å². The van der Waals surface area contributed by atoms with Crippen molar-refractivity contribution in [1.82, 2.24) is 25.7 Å².